The molecule has 2 heterocycles. The van der Waals surface area contributed by atoms with Crippen molar-refractivity contribution in [1.29, 1.82) is 0 Å². The molecule has 10 heteroatoms. The minimum Gasteiger partial charge on any atom is -0.324 e. The summed E-state index contributed by atoms with van der Waals surface area (Å²) in [6, 6.07) is 12.5. The molecule has 0 saturated carbocycles. The molecule has 2 aromatic heterocycles. The van der Waals surface area contributed by atoms with Gasteiger partial charge in [-0.15, -0.1) is 0 Å². The van der Waals surface area contributed by atoms with Gasteiger partial charge in [0.05, 0.1) is 5.69 Å². The highest BCUT2D eigenvalue weighted by molar-refractivity contribution is 6.04. The zero-order valence-corrected chi connectivity index (χ0v) is 19.1. The third-order valence-electron chi connectivity index (χ3n) is 6.09. The van der Waals surface area contributed by atoms with Gasteiger partial charge in [0, 0.05) is 22.6 Å². The number of carbonyl (C=O) groups is 2. The molecule has 1 unspecified atom stereocenters. The molecule has 9 nitrogen and oxygen atoms in total. The lowest BCUT2D eigenvalue weighted by Gasteiger charge is -2.14. The number of nitrogens with one attached hydrogen (secondary N) is 2. The van der Waals surface area contributed by atoms with Crippen molar-refractivity contribution < 1.29 is 14.0 Å². The van der Waals surface area contributed by atoms with Crippen molar-refractivity contribution in [2.45, 2.75) is 38.6 Å². The lowest BCUT2D eigenvalue weighted by molar-refractivity contribution is -0.119. The monoisotopic (exact) mass is 473 g/mol. The van der Waals surface area contributed by atoms with E-state index in [-0.39, 0.29) is 17.6 Å². The van der Waals surface area contributed by atoms with Gasteiger partial charge in [0.15, 0.2) is 5.69 Å². The molecule has 1 atom stereocenters. The maximum absolute atomic E-state index is 13.4. The van der Waals surface area contributed by atoms with E-state index >= 15 is 0 Å². The zero-order valence-electron chi connectivity index (χ0n) is 19.1. The highest BCUT2D eigenvalue weighted by Gasteiger charge is 2.25. The fraction of sp³-hybridized carbons (Fsp3) is 0.240. The van der Waals surface area contributed by atoms with Gasteiger partial charge in [0.25, 0.3) is 5.91 Å². The highest BCUT2D eigenvalue weighted by atomic mass is 19.1. The van der Waals surface area contributed by atoms with Crippen molar-refractivity contribution in [3.05, 3.63) is 84.0 Å². The Morgan fingerprint density at radius 2 is 1.66 bits per heavy atom. The number of hydrogen-bond donors (Lipinski definition) is 2. The van der Waals surface area contributed by atoms with E-state index in [2.05, 4.69) is 25.8 Å². The number of benzene rings is 2. The number of nitrogens with zero attached hydrogens (tertiary/aromatic N) is 5. The minimum atomic E-state index is -0.515. The van der Waals surface area contributed by atoms with Crippen LogP contribution in [0.15, 0.2) is 61.2 Å². The lowest BCUT2D eigenvalue weighted by Crippen LogP contribution is -2.24. The first-order chi connectivity index (χ1) is 17.0. The summed E-state index contributed by atoms with van der Waals surface area (Å²) in [5, 5.41) is 14.3. The topological polar surface area (TPSA) is 107 Å². The number of amides is 2. The number of fused-ring (bicyclic) bond motifs is 1. The van der Waals surface area contributed by atoms with E-state index in [9.17, 15) is 14.0 Å². The second-order valence-electron chi connectivity index (χ2n) is 8.44. The number of hydrogen-bond acceptors (Lipinski definition) is 5. The van der Waals surface area contributed by atoms with Crippen molar-refractivity contribution in [2.75, 3.05) is 10.6 Å². The van der Waals surface area contributed by atoms with E-state index in [0.717, 1.165) is 42.6 Å². The molecular formula is C25H24FN7O2. The normalized spacial score (nSPS) is 13.7. The van der Waals surface area contributed by atoms with Crippen LogP contribution in [-0.4, -0.2) is 36.4 Å². The summed E-state index contributed by atoms with van der Waals surface area (Å²) in [6.45, 7) is 1.73. The summed E-state index contributed by atoms with van der Waals surface area (Å²) in [5.41, 5.74) is 4.21. The van der Waals surface area contributed by atoms with Crippen molar-refractivity contribution in [3.63, 3.8) is 0 Å². The average Bonchev–Trinajstić information content (AvgIpc) is 3.54. The van der Waals surface area contributed by atoms with Crippen LogP contribution in [0.3, 0.4) is 0 Å². The molecule has 2 N–H and O–H groups in total. The number of aromatic nitrogens is 5. The van der Waals surface area contributed by atoms with E-state index in [0.29, 0.717) is 17.1 Å². The van der Waals surface area contributed by atoms with Crippen LogP contribution in [0.2, 0.25) is 0 Å². The number of carbonyl (C=O) groups excluding carboxylic acids is 2. The summed E-state index contributed by atoms with van der Waals surface area (Å²) in [6.07, 6.45) is 6.45. The molecule has 0 radical (unpaired) electrons. The molecule has 1 aliphatic rings. The Kier molecular flexibility index (Phi) is 6.09. The SMILES string of the molecule is CC(C(=O)Nc1ccc(NC(=O)c2nn(-c3ccc(F)cc3)c3c2CCCC3)cc1)n1cncn1. The van der Waals surface area contributed by atoms with Crippen LogP contribution in [0.4, 0.5) is 15.8 Å². The Morgan fingerprint density at radius 3 is 2.34 bits per heavy atom. The average molecular weight is 474 g/mol. The molecule has 0 fully saturated rings. The second-order valence-corrected chi connectivity index (χ2v) is 8.44. The third kappa shape index (κ3) is 4.68. The zero-order chi connectivity index (χ0) is 24.4. The molecule has 5 rings (SSSR count). The first-order valence-corrected chi connectivity index (χ1v) is 11.4. The fourth-order valence-electron chi connectivity index (χ4n) is 4.19. The standard InChI is InChI=1S/C25H24FN7O2/c1-16(32-15-27-14-28-32)24(34)29-18-8-10-19(11-9-18)30-25(35)23-21-4-2-3-5-22(21)33(31-23)20-12-6-17(26)7-13-20/h6-16H,2-5H2,1H3,(H,29,34)(H,30,35). The van der Waals surface area contributed by atoms with E-state index in [1.807, 2.05) is 0 Å². The fourth-order valence-corrected chi connectivity index (χ4v) is 4.19. The predicted octanol–water partition coefficient (Wildman–Crippen LogP) is 3.93. The Labute approximate surface area is 201 Å². The Morgan fingerprint density at radius 1 is 0.971 bits per heavy atom. The molecule has 178 valence electrons. The van der Waals surface area contributed by atoms with Gasteiger partial charge in [0.1, 0.15) is 24.5 Å². The molecule has 0 aliphatic heterocycles. The van der Waals surface area contributed by atoms with E-state index in [1.54, 1.807) is 48.0 Å². The molecule has 0 spiro atoms. The molecule has 2 amide bonds. The maximum Gasteiger partial charge on any atom is 0.276 e. The quantitative estimate of drug-likeness (QED) is 0.441. The van der Waals surface area contributed by atoms with Crippen LogP contribution < -0.4 is 10.6 Å². The summed E-state index contributed by atoms with van der Waals surface area (Å²) >= 11 is 0. The summed E-state index contributed by atoms with van der Waals surface area (Å²) in [7, 11) is 0. The first-order valence-electron chi connectivity index (χ1n) is 11.4. The van der Waals surface area contributed by atoms with Crippen LogP contribution in [0.5, 0.6) is 0 Å². The Bertz CT molecular complexity index is 1350. The van der Waals surface area contributed by atoms with Crippen LogP contribution in [0.25, 0.3) is 5.69 Å². The smallest absolute Gasteiger partial charge is 0.276 e. The molecule has 0 bridgehead atoms. The number of anilines is 2. The van der Waals surface area contributed by atoms with Crippen LogP contribution in [0, 0.1) is 5.82 Å². The third-order valence-corrected chi connectivity index (χ3v) is 6.09. The van der Waals surface area contributed by atoms with Crippen molar-refractivity contribution in [3.8, 4) is 5.69 Å². The van der Waals surface area contributed by atoms with Gasteiger partial charge in [0.2, 0.25) is 5.91 Å². The summed E-state index contributed by atoms with van der Waals surface area (Å²) in [5.74, 6) is -0.855. The summed E-state index contributed by atoms with van der Waals surface area (Å²) in [4.78, 5) is 29.4. The number of halogens is 1. The molecular weight excluding hydrogens is 449 g/mol. The van der Waals surface area contributed by atoms with Crippen LogP contribution in [-0.2, 0) is 17.6 Å². The van der Waals surface area contributed by atoms with Gasteiger partial charge in [-0.05, 0) is 81.1 Å². The van der Waals surface area contributed by atoms with Crippen molar-refractivity contribution >= 4 is 23.2 Å². The molecule has 1 aliphatic carbocycles. The second kappa shape index (κ2) is 9.49. The van der Waals surface area contributed by atoms with Gasteiger partial charge in [-0.3, -0.25) is 9.59 Å². The Balaban J connectivity index is 1.31. The lowest BCUT2D eigenvalue weighted by atomic mass is 9.95. The largest absolute Gasteiger partial charge is 0.324 e. The van der Waals surface area contributed by atoms with Crippen molar-refractivity contribution in [1.82, 2.24) is 24.5 Å². The Hall–Kier alpha value is -4.34. The predicted molar refractivity (Wildman–Crippen MR) is 128 cm³/mol. The van der Waals surface area contributed by atoms with Crippen molar-refractivity contribution in [2.24, 2.45) is 0 Å². The van der Waals surface area contributed by atoms with Gasteiger partial charge in [-0.1, -0.05) is 0 Å². The highest BCUT2D eigenvalue weighted by Crippen LogP contribution is 2.28. The first kappa shape index (κ1) is 22.5. The minimum absolute atomic E-state index is 0.231. The van der Waals surface area contributed by atoms with Crippen LogP contribution >= 0.6 is 0 Å². The van der Waals surface area contributed by atoms with Gasteiger partial charge in [-0.25, -0.2) is 18.7 Å². The van der Waals surface area contributed by atoms with Gasteiger partial charge < -0.3 is 10.6 Å². The van der Waals surface area contributed by atoms with Gasteiger partial charge in [-0.2, -0.15) is 10.2 Å². The van der Waals surface area contributed by atoms with Crippen LogP contribution in [0.1, 0.15) is 47.6 Å². The molecule has 0 saturated heterocycles. The van der Waals surface area contributed by atoms with Gasteiger partial charge >= 0.3 is 0 Å². The maximum atomic E-state index is 13.4. The number of rotatable bonds is 6. The molecule has 35 heavy (non-hydrogen) atoms. The molecule has 4 aromatic rings. The van der Waals surface area contributed by atoms with E-state index in [4.69, 9.17) is 0 Å². The van der Waals surface area contributed by atoms with E-state index < -0.39 is 6.04 Å². The molecule has 2 aromatic carbocycles. The summed E-state index contributed by atoms with van der Waals surface area (Å²) < 4.78 is 16.6. The van der Waals surface area contributed by atoms with E-state index in [1.165, 1.54) is 29.5 Å².